The van der Waals surface area contributed by atoms with E-state index in [0.717, 1.165) is 0 Å². The van der Waals surface area contributed by atoms with Crippen molar-refractivity contribution < 1.29 is 14.0 Å². The van der Waals surface area contributed by atoms with E-state index in [1.165, 1.54) is 0 Å². The van der Waals surface area contributed by atoms with Crippen molar-refractivity contribution in [3.63, 3.8) is 0 Å². The number of halogens is 1. The second kappa shape index (κ2) is 6.09. The zero-order chi connectivity index (χ0) is 16.6. The van der Waals surface area contributed by atoms with Crippen LogP contribution in [0.2, 0.25) is 18.1 Å². The number of rotatable bonds is 4. The van der Waals surface area contributed by atoms with Crippen molar-refractivity contribution in [1.82, 2.24) is 4.90 Å². The Morgan fingerprint density at radius 1 is 1.29 bits per heavy atom. The molecule has 4 nitrogen and oxygen atoms in total. The summed E-state index contributed by atoms with van der Waals surface area (Å²) in [7, 11) is -1.89. The Kier molecular flexibility index (Phi) is 5.45. The predicted octanol–water partition coefficient (Wildman–Crippen LogP) is 4.23. The molecule has 1 heterocycles. The molecule has 1 aliphatic heterocycles. The Balaban J connectivity index is 2.63. The van der Waals surface area contributed by atoms with Crippen LogP contribution in [0.5, 0.6) is 0 Å². The van der Waals surface area contributed by atoms with Crippen molar-refractivity contribution in [2.75, 3.05) is 12.4 Å². The highest BCUT2D eigenvalue weighted by Crippen LogP contribution is 2.39. The third-order valence-electron chi connectivity index (χ3n) is 4.11. The zero-order valence-corrected chi connectivity index (χ0v) is 16.4. The number of nitrogens with zero attached hydrogens (tertiary/aromatic N) is 1. The van der Waals surface area contributed by atoms with E-state index >= 15 is 0 Å². The van der Waals surface area contributed by atoms with Crippen molar-refractivity contribution in [1.29, 1.82) is 0 Å². The molecule has 0 saturated carbocycles. The normalized spacial score (nSPS) is 21.2. The monoisotopic (exact) mass is 335 g/mol. The molecule has 0 radical (unpaired) electrons. The zero-order valence-electron chi connectivity index (χ0n) is 14.6. The van der Waals surface area contributed by atoms with Gasteiger partial charge < -0.3 is 9.16 Å². The first-order chi connectivity index (χ1) is 9.28. The topological polar surface area (TPSA) is 38.5 Å². The molecule has 1 amide bonds. The second-order valence-electron chi connectivity index (χ2n) is 8.27. The Hall–Kier alpha value is -0.263. The van der Waals surface area contributed by atoms with Gasteiger partial charge in [0.1, 0.15) is 5.60 Å². The highest BCUT2D eigenvalue weighted by atomic mass is 35.5. The van der Waals surface area contributed by atoms with Crippen molar-refractivity contribution in [3.05, 3.63) is 0 Å². The number of carbonyl (C=O) groups is 1. The van der Waals surface area contributed by atoms with Crippen molar-refractivity contribution in [2.45, 2.75) is 77.4 Å². The van der Waals surface area contributed by atoms with Crippen LogP contribution in [0, 0.1) is 0 Å². The lowest BCUT2D eigenvalue weighted by molar-refractivity contribution is 0.0377. The first-order valence-electron chi connectivity index (χ1n) is 7.52. The van der Waals surface area contributed by atoms with E-state index in [4.69, 9.17) is 20.8 Å². The standard InChI is InChI=1S/C15H30ClNO3Si/c1-14(2,3)19-13(18)17-10-11(17)12(9-16)20-21(7,8)15(4,5)6/h11-12H,9-10H2,1-8H3/t11-,12-,17?/m0/s1. The third-order valence-corrected chi connectivity index (χ3v) is 8.92. The minimum Gasteiger partial charge on any atom is -0.444 e. The number of amides is 1. The fourth-order valence-corrected chi connectivity index (χ4v) is 3.50. The maximum Gasteiger partial charge on any atom is 0.410 e. The van der Waals surface area contributed by atoms with Crippen LogP contribution in [0.3, 0.4) is 0 Å². The third kappa shape index (κ3) is 5.15. The lowest BCUT2D eigenvalue weighted by atomic mass is 10.2. The van der Waals surface area contributed by atoms with Gasteiger partial charge in [0, 0.05) is 12.4 Å². The average Bonchev–Trinajstić information content (AvgIpc) is 3.01. The Morgan fingerprint density at radius 3 is 2.19 bits per heavy atom. The largest absolute Gasteiger partial charge is 0.444 e. The minimum atomic E-state index is -1.89. The molecule has 6 heteroatoms. The minimum absolute atomic E-state index is 0.0477. The van der Waals surface area contributed by atoms with Gasteiger partial charge in [0.05, 0.1) is 12.1 Å². The molecule has 1 saturated heterocycles. The van der Waals surface area contributed by atoms with E-state index in [-0.39, 0.29) is 23.3 Å². The van der Waals surface area contributed by atoms with Gasteiger partial charge in [-0.15, -0.1) is 11.6 Å². The van der Waals surface area contributed by atoms with E-state index in [9.17, 15) is 4.79 Å². The molecule has 0 aliphatic carbocycles. The molecule has 1 fully saturated rings. The van der Waals surface area contributed by atoms with Crippen molar-refractivity contribution in [2.24, 2.45) is 0 Å². The quantitative estimate of drug-likeness (QED) is 0.438. The van der Waals surface area contributed by atoms with Gasteiger partial charge in [-0.25, -0.2) is 4.79 Å². The molecular formula is C15H30ClNO3Si. The van der Waals surface area contributed by atoms with E-state index in [0.29, 0.717) is 12.4 Å². The van der Waals surface area contributed by atoms with Gasteiger partial charge in [0.2, 0.25) is 0 Å². The van der Waals surface area contributed by atoms with Gasteiger partial charge in [0.25, 0.3) is 0 Å². The van der Waals surface area contributed by atoms with Gasteiger partial charge in [-0.3, -0.25) is 4.90 Å². The van der Waals surface area contributed by atoms with Crippen LogP contribution in [0.15, 0.2) is 0 Å². The van der Waals surface area contributed by atoms with Crippen LogP contribution in [-0.4, -0.2) is 49.5 Å². The summed E-state index contributed by atoms with van der Waals surface area (Å²) in [6, 6.07) is 0.0477. The molecule has 1 aliphatic rings. The highest BCUT2D eigenvalue weighted by Gasteiger charge is 2.49. The summed E-state index contributed by atoms with van der Waals surface area (Å²) in [5.74, 6) is 0.399. The van der Waals surface area contributed by atoms with Gasteiger partial charge in [0.15, 0.2) is 8.32 Å². The van der Waals surface area contributed by atoms with E-state index < -0.39 is 13.9 Å². The molecule has 1 rings (SSSR count). The molecule has 0 spiro atoms. The predicted molar refractivity (Wildman–Crippen MR) is 89.5 cm³/mol. The van der Waals surface area contributed by atoms with Crippen molar-refractivity contribution >= 4 is 26.0 Å². The SMILES string of the molecule is CC(C)(C)OC(=O)N1C[C@H]1[C@H](CCl)O[Si](C)(C)C(C)(C)C. The fourth-order valence-electron chi connectivity index (χ4n) is 1.77. The molecule has 0 aromatic carbocycles. The summed E-state index contributed by atoms with van der Waals surface area (Å²) in [5.41, 5.74) is -0.471. The van der Waals surface area contributed by atoms with Crippen molar-refractivity contribution in [3.8, 4) is 0 Å². The summed E-state index contributed by atoms with van der Waals surface area (Å²) in [6.45, 7) is 17.3. The number of carbonyl (C=O) groups excluding carboxylic acids is 1. The van der Waals surface area contributed by atoms with Gasteiger partial charge in [-0.05, 0) is 38.9 Å². The first-order valence-corrected chi connectivity index (χ1v) is 11.0. The van der Waals surface area contributed by atoms with Crippen LogP contribution in [0.1, 0.15) is 41.5 Å². The molecule has 0 unspecified atom stereocenters. The molecule has 0 bridgehead atoms. The van der Waals surface area contributed by atoms with E-state index in [1.807, 2.05) is 20.8 Å². The second-order valence-corrected chi connectivity index (χ2v) is 13.3. The number of hydrogen-bond donors (Lipinski definition) is 0. The van der Waals surface area contributed by atoms with Crippen LogP contribution in [-0.2, 0) is 9.16 Å². The number of ether oxygens (including phenoxy) is 1. The summed E-state index contributed by atoms with van der Waals surface area (Å²) >= 11 is 6.08. The van der Waals surface area contributed by atoms with Crippen LogP contribution in [0.25, 0.3) is 0 Å². The molecule has 2 atom stereocenters. The summed E-state index contributed by atoms with van der Waals surface area (Å²) in [5, 5.41) is 0.128. The highest BCUT2D eigenvalue weighted by molar-refractivity contribution is 6.74. The van der Waals surface area contributed by atoms with Crippen LogP contribution < -0.4 is 0 Å². The summed E-state index contributed by atoms with van der Waals surface area (Å²) < 4.78 is 11.7. The average molecular weight is 336 g/mol. The molecule has 0 N–H and O–H groups in total. The Morgan fingerprint density at radius 2 is 1.81 bits per heavy atom. The van der Waals surface area contributed by atoms with E-state index in [2.05, 4.69) is 33.9 Å². The summed E-state index contributed by atoms with van der Waals surface area (Å²) in [4.78, 5) is 13.7. The maximum absolute atomic E-state index is 12.0. The van der Waals surface area contributed by atoms with Gasteiger partial charge in [-0.2, -0.15) is 0 Å². The lowest BCUT2D eigenvalue weighted by Gasteiger charge is -2.39. The number of hydrogen-bond acceptors (Lipinski definition) is 3. The molecule has 124 valence electrons. The molecule has 0 aromatic heterocycles. The smallest absolute Gasteiger partial charge is 0.410 e. The molecule has 21 heavy (non-hydrogen) atoms. The fraction of sp³-hybridized carbons (Fsp3) is 0.933. The first kappa shape index (κ1) is 18.8. The maximum atomic E-state index is 12.0. The van der Waals surface area contributed by atoms with Crippen LogP contribution >= 0.6 is 11.6 Å². The molecule has 0 aromatic rings. The number of alkyl halides is 1. The Bertz CT molecular complexity index is 387. The van der Waals surface area contributed by atoms with E-state index in [1.54, 1.807) is 4.90 Å². The van der Waals surface area contributed by atoms with Gasteiger partial charge in [-0.1, -0.05) is 20.8 Å². The van der Waals surface area contributed by atoms with Gasteiger partial charge >= 0.3 is 6.09 Å². The summed E-state index contributed by atoms with van der Waals surface area (Å²) in [6.07, 6.45) is -0.387. The Labute approximate surface area is 135 Å². The lowest BCUT2D eigenvalue weighted by Crippen LogP contribution is -2.46. The van der Waals surface area contributed by atoms with Crippen LogP contribution in [0.4, 0.5) is 4.79 Å². The molecular weight excluding hydrogens is 306 g/mol.